The smallest absolute Gasteiger partial charge is 0.272 e. The van der Waals surface area contributed by atoms with Crippen LogP contribution >= 0.6 is 0 Å². The highest BCUT2D eigenvalue weighted by Crippen LogP contribution is 2.33. The molecule has 3 aromatic heterocycles. The Morgan fingerprint density at radius 3 is 2.88 bits per heavy atom. The van der Waals surface area contributed by atoms with Gasteiger partial charge in [0.05, 0.1) is 23.5 Å². The number of hydrogen-bond acceptors (Lipinski definition) is 4. The summed E-state index contributed by atoms with van der Waals surface area (Å²) < 4.78 is 3.15. The number of H-pyrrole nitrogens is 1. The molecule has 4 heterocycles. The zero-order valence-electron chi connectivity index (χ0n) is 15.2. The molecule has 1 N–H and O–H groups in total. The maximum absolute atomic E-state index is 13.0. The lowest BCUT2D eigenvalue weighted by Gasteiger charge is -2.23. The van der Waals surface area contributed by atoms with Crippen LogP contribution in [0.4, 0.5) is 0 Å². The summed E-state index contributed by atoms with van der Waals surface area (Å²) in [5, 5.41) is 7.32. The first-order valence-electron chi connectivity index (χ1n) is 8.90. The van der Waals surface area contributed by atoms with Gasteiger partial charge in [-0.3, -0.25) is 19.4 Å². The van der Waals surface area contributed by atoms with Gasteiger partial charge in [-0.05, 0) is 26.2 Å². The van der Waals surface area contributed by atoms with Crippen LogP contribution in [-0.4, -0.2) is 41.7 Å². The fourth-order valence-corrected chi connectivity index (χ4v) is 3.61. The molecule has 0 aromatic carbocycles. The molecule has 1 saturated heterocycles. The van der Waals surface area contributed by atoms with E-state index >= 15 is 0 Å². The molecular weight excluding hydrogens is 332 g/mol. The average molecular weight is 354 g/mol. The summed E-state index contributed by atoms with van der Waals surface area (Å²) in [7, 11) is 1.83. The minimum atomic E-state index is -0.128. The highest BCUT2D eigenvalue weighted by atomic mass is 16.2. The minimum absolute atomic E-state index is 0.0219. The SMILES string of the molecule is CCc1cc(=O)n2[nH]c([C@@H]3CCCN3C(=O)c3cnn(C)c3C)cc2n1. The predicted octanol–water partition coefficient (Wildman–Crippen LogP) is 1.60. The van der Waals surface area contributed by atoms with Gasteiger partial charge in [0.2, 0.25) is 0 Å². The number of hydrogen-bond donors (Lipinski definition) is 1. The van der Waals surface area contributed by atoms with Crippen LogP contribution in [0.1, 0.15) is 53.2 Å². The van der Waals surface area contributed by atoms with Crippen LogP contribution in [0.25, 0.3) is 5.65 Å². The van der Waals surface area contributed by atoms with Crippen molar-refractivity contribution in [1.29, 1.82) is 0 Å². The summed E-state index contributed by atoms with van der Waals surface area (Å²) in [5.41, 5.74) is 3.56. The fourth-order valence-electron chi connectivity index (χ4n) is 3.61. The number of amides is 1. The van der Waals surface area contributed by atoms with Gasteiger partial charge in [-0.1, -0.05) is 6.92 Å². The molecule has 3 aromatic rings. The van der Waals surface area contributed by atoms with Crippen molar-refractivity contribution < 1.29 is 4.79 Å². The van der Waals surface area contributed by atoms with E-state index in [1.54, 1.807) is 16.9 Å². The Labute approximate surface area is 150 Å². The van der Waals surface area contributed by atoms with Crippen molar-refractivity contribution in [2.45, 2.75) is 39.2 Å². The Balaban J connectivity index is 1.71. The minimum Gasteiger partial charge on any atom is -0.330 e. The molecule has 136 valence electrons. The Morgan fingerprint density at radius 2 is 2.19 bits per heavy atom. The number of aromatic amines is 1. The summed E-state index contributed by atoms with van der Waals surface area (Å²) in [4.78, 5) is 31.7. The number of carbonyl (C=O) groups is 1. The van der Waals surface area contributed by atoms with E-state index in [0.717, 1.165) is 29.9 Å². The number of aryl methyl sites for hydroxylation is 2. The fraction of sp³-hybridized carbons (Fsp3) is 0.444. The first-order chi connectivity index (χ1) is 12.5. The Bertz CT molecular complexity index is 1040. The van der Waals surface area contributed by atoms with Crippen LogP contribution in [0.3, 0.4) is 0 Å². The summed E-state index contributed by atoms with van der Waals surface area (Å²) >= 11 is 0. The molecule has 1 aliphatic heterocycles. The van der Waals surface area contributed by atoms with Gasteiger partial charge in [-0.25, -0.2) is 9.50 Å². The number of rotatable bonds is 3. The Kier molecular flexibility index (Phi) is 3.90. The van der Waals surface area contributed by atoms with Crippen LogP contribution in [0.15, 0.2) is 23.1 Å². The summed E-state index contributed by atoms with van der Waals surface area (Å²) in [6.07, 6.45) is 4.11. The highest BCUT2D eigenvalue weighted by Gasteiger charge is 2.33. The number of aromatic nitrogens is 5. The van der Waals surface area contributed by atoms with Crippen molar-refractivity contribution in [1.82, 2.24) is 29.3 Å². The van der Waals surface area contributed by atoms with Gasteiger partial charge in [0.25, 0.3) is 11.5 Å². The molecule has 1 atom stereocenters. The van der Waals surface area contributed by atoms with Gasteiger partial charge < -0.3 is 4.90 Å². The lowest BCUT2D eigenvalue weighted by molar-refractivity contribution is 0.0732. The normalized spacial score (nSPS) is 17.3. The molecule has 0 spiro atoms. The highest BCUT2D eigenvalue weighted by molar-refractivity contribution is 5.95. The topological polar surface area (TPSA) is 88.3 Å². The second kappa shape index (κ2) is 6.12. The van der Waals surface area contributed by atoms with E-state index in [-0.39, 0.29) is 17.5 Å². The average Bonchev–Trinajstić information content (AvgIpc) is 3.33. The molecule has 0 saturated carbocycles. The van der Waals surface area contributed by atoms with E-state index in [2.05, 4.69) is 15.2 Å². The van der Waals surface area contributed by atoms with Crippen molar-refractivity contribution in [2.24, 2.45) is 7.05 Å². The molecule has 0 unspecified atom stereocenters. The first-order valence-corrected chi connectivity index (χ1v) is 8.90. The molecule has 1 aliphatic rings. The molecule has 1 fully saturated rings. The van der Waals surface area contributed by atoms with Crippen molar-refractivity contribution in [3.05, 3.63) is 51.3 Å². The molecule has 8 heteroatoms. The second-order valence-electron chi connectivity index (χ2n) is 6.77. The summed E-state index contributed by atoms with van der Waals surface area (Å²) in [6.45, 7) is 4.55. The van der Waals surface area contributed by atoms with E-state index in [1.165, 1.54) is 4.52 Å². The number of likely N-dealkylation sites (tertiary alicyclic amines) is 1. The van der Waals surface area contributed by atoms with Gasteiger partial charge in [-0.2, -0.15) is 5.10 Å². The Morgan fingerprint density at radius 1 is 1.38 bits per heavy atom. The summed E-state index contributed by atoms with van der Waals surface area (Å²) in [5.74, 6) is -0.0219. The van der Waals surface area contributed by atoms with Crippen LogP contribution in [0.5, 0.6) is 0 Å². The van der Waals surface area contributed by atoms with E-state index < -0.39 is 0 Å². The monoisotopic (exact) mass is 354 g/mol. The summed E-state index contributed by atoms with van der Waals surface area (Å²) in [6, 6.07) is 3.34. The molecule has 0 radical (unpaired) electrons. The van der Waals surface area contributed by atoms with Gasteiger partial charge in [0.15, 0.2) is 5.65 Å². The molecule has 1 amide bonds. The van der Waals surface area contributed by atoms with Gasteiger partial charge in [-0.15, -0.1) is 0 Å². The van der Waals surface area contributed by atoms with Gasteiger partial charge in [0, 0.05) is 37.1 Å². The molecule has 0 aliphatic carbocycles. The number of carbonyl (C=O) groups excluding carboxylic acids is 1. The number of nitrogens with one attached hydrogen (secondary N) is 1. The van der Waals surface area contributed by atoms with E-state index in [1.807, 2.05) is 31.9 Å². The largest absolute Gasteiger partial charge is 0.330 e. The maximum atomic E-state index is 13.0. The van der Waals surface area contributed by atoms with Crippen molar-refractivity contribution >= 4 is 11.6 Å². The van der Waals surface area contributed by atoms with Crippen molar-refractivity contribution in [3.63, 3.8) is 0 Å². The zero-order chi connectivity index (χ0) is 18.4. The van der Waals surface area contributed by atoms with Gasteiger partial charge in [0.1, 0.15) is 0 Å². The van der Waals surface area contributed by atoms with Crippen LogP contribution in [0, 0.1) is 6.92 Å². The van der Waals surface area contributed by atoms with E-state index in [0.29, 0.717) is 24.2 Å². The first kappa shape index (κ1) is 16.6. The lowest BCUT2D eigenvalue weighted by atomic mass is 10.1. The molecule has 26 heavy (non-hydrogen) atoms. The van der Waals surface area contributed by atoms with Gasteiger partial charge >= 0.3 is 0 Å². The van der Waals surface area contributed by atoms with E-state index in [4.69, 9.17) is 0 Å². The van der Waals surface area contributed by atoms with Crippen LogP contribution < -0.4 is 5.56 Å². The van der Waals surface area contributed by atoms with Crippen molar-refractivity contribution in [3.8, 4) is 0 Å². The third-order valence-corrected chi connectivity index (χ3v) is 5.22. The van der Waals surface area contributed by atoms with Crippen molar-refractivity contribution in [2.75, 3.05) is 6.54 Å². The standard InChI is InChI=1S/C18H22N6O2/c1-4-12-8-17(25)24-16(20-12)9-14(21-24)15-6-5-7-23(15)18(26)13-10-19-22(3)11(13)2/h8-10,15,21H,4-7H2,1-3H3/t15-/m0/s1. The molecule has 8 nitrogen and oxygen atoms in total. The quantitative estimate of drug-likeness (QED) is 0.774. The third kappa shape index (κ3) is 2.53. The van der Waals surface area contributed by atoms with E-state index in [9.17, 15) is 9.59 Å². The molecule has 4 rings (SSSR count). The molecule has 0 bridgehead atoms. The zero-order valence-corrected chi connectivity index (χ0v) is 15.2. The Hall–Kier alpha value is -2.90. The lowest BCUT2D eigenvalue weighted by Crippen LogP contribution is -2.31. The van der Waals surface area contributed by atoms with Crippen LogP contribution in [0.2, 0.25) is 0 Å². The third-order valence-electron chi connectivity index (χ3n) is 5.22. The number of nitrogens with zero attached hydrogens (tertiary/aromatic N) is 5. The molecular formula is C18H22N6O2. The second-order valence-corrected chi connectivity index (χ2v) is 6.77. The number of fused-ring (bicyclic) bond motifs is 1. The van der Waals surface area contributed by atoms with Crippen LogP contribution in [-0.2, 0) is 13.5 Å². The predicted molar refractivity (Wildman–Crippen MR) is 96.1 cm³/mol. The maximum Gasteiger partial charge on any atom is 0.272 e.